The van der Waals surface area contributed by atoms with Gasteiger partial charge < -0.3 is 15.7 Å². The average Bonchev–Trinajstić information content (AvgIpc) is 2.25. The van der Waals surface area contributed by atoms with E-state index in [1.54, 1.807) is 11.8 Å². The van der Waals surface area contributed by atoms with E-state index in [9.17, 15) is 18.3 Å². The molecule has 0 amide bonds. The molecular formula is C11H15F3N4O. The van der Waals surface area contributed by atoms with Crippen molar-refractivity contribution in [3.8, 4) is 0 Å². The third-order valence-corrected chi connectivity index (χ3v) is 3.02. The van der Waals surface area contributed by atoms with Crippen LogP contribution >= 0.6 is 0 Å². The molecule has 19 heavy (non-hydrogen) atoms. The second kappa shape index (κ2) is 4.52. The molecule has 0 aliphatic carbocycles. The molecule has 1 fully saturated rings. The van der Waals surface area contributed by atoms with E-state index in [0.717, 1.165) is 6.07 Å². The molecule has 8 heteroatoms. The van der Waals surface area contributed by atoms with Crippen LogP contribution in [0.4, 0.5) is 24.9 Å². The lowest BCUT2D eigenvalue weighted by Crippen LogP contribution is -2.46. The first kappa shape index (κ1) is 13.9. The van der Waals surface area contributed by atoms with Crippen LogP contribution in [-0.2, 0) is 6.18 Å². The minimum atomic E-state index is -4.57. The van der Waals surface area contributed by atoms with E-state index in [-0.39, 0.29) is 12.4 Å². The van der Waals surface area contributed by atoms with Gasteiger partial charge in [-0.15, -0.1) is 0 Å². The topological polar surface area (TPSA) is 75.3 Å². The molecule has 1 aromatic heterocycles. The fourth-order valence-electron chi connectivity index (χ4n) is 2.18. The van der Waals surface area contributed by atoms with Gasteiger partial charge in [-0.25, -0.2) is 4.98 Å². The van der Waals surface area contributed by atoms with E-state index in [4.69, 9.17) is 5.73 Å². The fraction of sp³-hybridized carbons (Fsp3) is 0.636. The normalized spacial score (nSPS) is 24.6. The standard InChI is InChI=1S/C11H15F3N4O/c1-10(19)3-2-4-18(6-10)8-5-7(11(12,13)14)16-9(15)17-8/h5,19H,2-4,6H2,1H3,(H2,15,16,17). The minimum absolute atomic E-state index is 0.0970. The first-order valence-electron chi connectivity index (χ1n) is 5.86. The van der Waals surface area contributed by atoms with Gasteiger partial charge in [0.15, 0.2) is 5.69 Å². The SMILES string of the molecule is CC1(O)CCCN(c2cc(C(F)(F)F)nc(N)n2)C1. The van der Waals surface area contributed by atoms with Crippen molar-refractivity contribution in [3.63, 3.8) is 0 Å². The zero-order chi connectivity index (χ0) is 14.3. The highest BCUT2D eigenvalue weighted by molar-refractivity contribution is 5.45. The van der Waals surface area contributed by atoms with Crippen LogP contribution in [0.15, 0.2) is 6.07 Å². The number of anilines is 2. The number of hydrogen-bond acceptors (Lipinski definition) is 5. The molecule has 0 saturated carbocycles. The second-order valence-electron chi connectivity index (χ2n) is 4.99. The van der Waals surface area contributed by atoms with E-state index >= 15 is 0 Å². The van der Waals surface area contributed by atoms with Crippen molar-refractivity contribution in [1.82, 2.24) is 9.97 Å². The van der Waals surface area contributed by atoms with Gasteiger partial charge in [-0.3, -0.25) is 0 Å². The summed E-state index contributed by atoms with van der Waals surface area (Å²) in [6.45, 7) is 2.40. The maximum Gasteiger partial charge on any atom is 0.433 e. The van der Waals surface area contributed by atoms with Crippen LogP contribution in [0.1, 0.15) is 25.5 Å². The number of rotatable bonds is 1. The summed E-state index contributed by atoms with van der Waals surface area (Å²) in [7, 11) is 0. The lowest BCUT2D eigenvalue weighted by molar-refractivity contribution is -0.141. The maximum atomic E-state index is 12.7. The van der Waals surface area contributed by atoms with Crippen LogP contribution < -0.4 is 10.6 Å². The number of alkyl halides is 3. The lowest BCUT2D eigenvalue weighted by atomic mass is 9.95. The smallest absolute Gasteiger partial charge is 0.388 e. The summed E-state index contributed by atoms with van der Waals surface area (Å²) in [5.74, 6) is -0.324. The Kier molecular flexibility index (Phi) is 3.29. The van der Waals surface area contributed by atoms with Gasteiger partial charge in [0.05, 0.1) is 5.60 Å². The summed E-state index contributed by atoms with van der Waals surface area (Å²) in [4.78, 5) is 8.60. The summed E-state index contributed by atoms with van der Waals surface area (Å²) in [5.41, 5.74) is 3.32. The summed E-state index contributed by atoms with van der Waals surface area (Å²) in [5, 5.41) is 9.97. The van der Waals surface area contributed by atoms with Gasteiger partial charge in [-0.1, -0.05) is 0 Å². The molecule has 1 aliphatic rings. The molecule has 0 aromatic carbocycles. The van der Waals surface area contributed by atoms with Crippen molar-refractivity contribution in [2.45, 2.75) is 31.5 Å². The monoisotopic (exact) mass is 276 g/mol. The number of piperidine rings is 1. The molecule has 1 aliphatic heterocycles. The zero-order valence-corrected chi connectivity index (χ0v) is 10.4. The summed E-state index contributed by atoms with van der Waals surface area (Å²) in [6.07, 6.45) is -3.28. The number of aliphatic hydroxyl groups is 1. The van der Waals surface area contributed by atoms with Crippen molar-refractivity contribution >= 4 is 11.8 Å². The minimum Gasteiger partial charge on any atom is -0.388 e. The van der Waals surface area contributed by atoms with Crippen molar-refractivity contribution < 1.29 is 18.3 Å². The Labute approximate surface area is 108 Å². The van der Waals surface area contributed by atoms with Gasteiger partial charge in [-0.05, 0) is 19.8 Å². The Morgan fingerprint density at radius 1 is 1.42 bits per heavy atom. The number of β-amino-alcohol motifs (C(OH)–C–C–N with tert-alkyl or cyclic N) is 1. The van der Waals surface area contributed by atoms with E-state index in [1.807, 2.05) is 0 Å². The van der Waals surface area contributed by atoms with Crippen LogP contribution in [0.2, 0.25) is 0 Å². The number of halogens is 3. The molecule has 3 N–H and O–H groups in total. The maximum absolute atomic E-state index is 12.7. The lowest BCUT2D eigenvalue weighted by Gasteiger charge is -2.37. The van der Waals surface area contributed by atoms with E-state index in [2.05, 4.69) is 9.97 Å². The highest BCUT2D eigenvalue weighted by Crippen LogP contribution is 2.31. The predicted molar refractivity (Wildman–Crippen MR) is 63.5 cm³/mol. The van der Waals surface area contributed by atoms with Crippen molar-refractivity contribution in [2.75, 3.05) is 23.7 Å². The fourth-order valence-corrected chi connectivity index (χ4v) is 2.18. The third-order valence-electron chi connectivity index (χ3n) is 3.02. The average molecular weight is 276 g/mol. The highest BCUT2D eigenvalue weighted by Gasteiger charge is 2.35. The summed E-state index contributed by atoms with van der Waals surface area (Å²) >= 11 is 0. The Balaban J connectivity index is 2.32. The molecule has 106 valence electrons. The first-order valence-corrected chi connectivity index (χ1v) is 5.86. The molecule has 1 unspecified atom stereocenters. The zero-order valence-electron chi connectivity index (χ0n) is 10.4. The van der Waals surface area contributed by atoms with Crippen LogP contribution in [-0.4, -0.2) is 33.8 Å². The number of nitrogen functional groups attached to an aromatic ring is 1. The molecular weight excluding hydrogens is 261 g/mol. The van der Waals surface area contributed by atoms with Crippen molar-refractivity contribution in [1.29, 1.82) is 0 Å². The number of hydrogen-bond donors (Lipinski definition) is 2. The first-order chi connectivity index (χ1) is 8.67. The highest BCUT2D eigenvalue weighted by atomic mass is 19.4. The molecule has 0 bridgehead atoms. The third kappa shape index (κ3) is 3.25. The molecule has 2 heterocycles. The summed E-state index contributed by atoms with van der Waals surface area (Å²) < 4.78 is 38.0. The van der Waals surface area contributed by atoms with Gasteiger partial charge in [0.25, 0.3) is 0 Å². The summed E-state index contributed by atoms with van der Waals surface area (Å²) in [6, 6.07) is 0.859. The van der Waals surface area contributed by atoms with Crippen LogP contribution in [0.3, 0.4) is 0 Å². The Morgan fingerprint density at radius 3 is 2.68 bits per heavy atom. The molecule has 2 rings (SSSR count). The quantitative estimate of drug-likeness (QED) is 0.811. The van der Waals surface area contributed by atoms with Crippen LogP contribution in [0.25, 0.3) is 0 Å². The van der Waals surface area contributed by atoms with E-state index in [1.165, 1.54) is 0 Å². The van der Waals surface area contributed by atoms with Gasteiger partial charge in [0.2, 0.25) is 5.95 Å². The van der Waals surface area contributed by atoms with E-state index in [0.29, 0.717) is 19.4 Å². The van der Waals surface area contributed by atoms with Crippen LogP contribution in [0, 0.1) is 0 Å². The largest absolute Gasteiger partial charge is 0.433 e. The number of aromatic nitrogens is 2. The number of nitrogens with zero attached hydrogens (tertiary/aromatic N) is 3. The number of nitrogens with two attached hydrogens (primary N) is 1. The van der Waals surface area contributed by atoms with Crippen LogP contribution in [0.5, 0.6) is 0 Å². The predicted octanol–water partition coefficient (Wildman–Crippen LogP) is 1.43. The Morgan fingerprint density at radius 2 is 2.11 bits per heavy atom. The molecule has 5 nitrogen and oxygen atoms in total. The Hall–Kier alpha value is -1.57. The Bertz CT molecular complexity index is 475. The van der Waals surface area contributed by atoms with Gasteiger partial charge in [0, 0.05) is 19.2 Å². The van der Waals surface area contributed by atoms with Gasteiger partial charge >= 0.3 is 6.18 Å². The van der Waals surface area contributed by atoms with Gasteiger partial charge in [-0.2, -0.15) is 18.2 Å². The van der Waals surface area contributed by atoms with Gasteiger partial charge in [0.1, 0.15) is 5.82 Å². The second-order valence-corrected chi connectivity index (χ2v) is 4.99. The van der Waals surface area contributed by atoms with Crippen molar-refractivity contribution in [3.05, 3.63) is 11.8 Å². The van der Waals surface area contributed by atoms with E-state index < -0.39 is 23.4 Å². The van der Waals surface area contributed by atoms with Crippen molar-refractivity contribution in [2.24, 2.45) is 0 Å². The molecule has 0 radical (unpaired) electrons. The molecule has 1 atom stereocenters. The molecule has 1 saturated heterocycles. The molecule has 1 aromatic rings. The molecule has 0 spiro atoms.